The molecule has 1 unspecified atom stereocenters. The van der Waals surface area contributed by atoms with Gasteiger partial charge in [0.2, 0.25) is 0 Å². The Kier molecular flexibility index (Phi) is 6.17. The number of ether oxygens (including phenoxy) is 1. The van der Waals surface area contributed by atoms with Crippen LogP contribution in [0.25, 0.3) is 0 Å². The van der Waals surface area contributed by atoms with Crippen molar-refractivity contribution < 1.29 is 9.84 Å². The first kappa shape index (κ1) is 12.9. The van der Waals surface area contributed by atoms with E-state index in [-0.39, 0.29) is 12.6 Å². The average Bonchev–Trinajstić information content (AvgIpc) is 3.04. The standard InChI is InChI=1S/C11H24N2O2/c1-13(7-8-15-2)6-5-11(9-14)12-10-3-4-10/h10-12,14H,3-9H2,1-2H3. The lowest BCUT2D eigenvalue weighted by Crippen LogP contribution is -2.37. The fourth-order valence-corrected chi connectivity index (χ4v) is 1.55. The zero-order chi connectivity index (χ0) is 11.1. The van der Waals surface area contributed by atoms with Crippen molar-refractivity contribution in [1.82, 2.24) is 10.2 Å². The summed E-state index contributed by atoms with van der Waals surface area (Å²) in [5.41, 5.74) is 0. The minimum Gasteiger partial charge on any atom is -0.395 e. The summed E-state index contributed by atoms with van der Waals surface area (Å²) in [6.07, 6.45) is 3.55. The van der Waals surface area contributed by atoms with Crippen molar-refractivity contribution in [1.29, 1.82) is 0 Å². The Morgan fingerprint density at radius 3 is 2.73 bits per heavy atom. The Morgan fingerprint density at radius 2 is 2.20 bits per heavy atom. The highest BCUT2D eigenvalue weighted by Gasteiger charge is 2.24. The summed E-state index contributed by atoms with van der Waals surface area (Å²) in [6.45, 7) is 2.98. The molecule has 0 heterocycles. The van der Waals surface area contributed by atoms with Crippen molar-refractivity contribution >= 4 is 0 Å². The van der Waals surface area contributed by atoms with E-state index in [0.717, 1.165) is 26.1 Å². The molecule has 1 saturated carbocycles. The van der Waals surface area contributed by atoms with Gasteiger partial charge in [-0.1, -0.05) is 0 Å². The van der Waals surface area contributed by atoms with Crippen LogP contribution in [0.5, 0.6) is 0 Å². The molecule has 0 bridgehead atoms. The summed E-state index contributed by atoms with van der Waals surface area (Å²) in [4.78, 5) is 2.24. The zero-order valence-corrected chi connectivity index (χ0v) is 9.91. The van der Waals surface area contributed by atoms with E-state index in [9.17, 15) is 5.11 Å². The van der Waals surface area contributed by atoms with Gasteiger partial charge in [-0.25, -0.2) is 0 Å². The third-order valence-electron chi connectivity index (χ3n) is 2.81. The van der Waals surface area contributed by atoms with E-state index >= 15 is 0 Å². The molecule has 4 nitrogen and oxygen atoms in total. The second-order valence-electron chi connectivity index (χ2n) is 4.41. The molecule has 0 saturated heterocycles. The summed E-state index contributed by atoms with van der Waals surface area (Å²) >= 11 is 0. The van der Waals surface area contributed by atoms with Gasteiger partial charge >= 0.3 is 0 Å². The second-order valence-corrected chi connectivity index (χ2v) is 4.41. The van der Waals surface area contributed by atoms with Gasteiger partial charge in [0, 0.05) is 25.7 Å². The van der Waals surface area contributed by atoms with Gasteiger partial charge in [0.25, 0.3) is 0 Å². The normalized spacial score (nSPS) is 18.4. The van der Waals surface area contributed by atoms with Gasteiger partial charge in [-0.2, -0.15) is 0 Å². The van der Waals surface area contributed by atoms with Gasteiger partial charge < -0.3 is 20.1 Å². The quantitative estimate of drug-likeness (QED) is 0.572. The number of nitrogens with one attached hydrogen (secondary N) is 1. The van der Waals surface area contributed by atoms with Crippen molar-refractivity contribution in [3.05, 3.63) is 0 Å². The molecule has 2 N–H and O–H groups in total. The maximum Gasteiger partial charge on any atom is 0.0589 e. The summed E-state index contributed by atoms with van der Waals surface area (Å²) in [5, 5.41) is 12.6. The first-order chi connectivity index (χ1) is 7.26. The number of rotatable bonds is 9. The van der Waals surface area contributed by atoms with Gasteiger partial charge in [-0.3, -0.25) is 0 Å². The van der Waals surface area contributed by atoms with E-state index in [2.05, 4.69) is 17.3 Å². The largest absolute Gasteiger partial charge is 0.395 e. The molecular weight excluding hydrogens is 192 g/mol. The number of methoxy groups -OCH3 is 1. The SMILES string of the molecule is COCCN(C)CCC(CO)NC1CC1. The van der Waals surface area contributed by atoms with Gasteiger partial charge in [0.05, 0.1) is 13.2 Å². The van der Waals surface area contributed by atoms with Crippen LogP contribution >= 0.6 is 0 Å². The monoisotopic (exact) mass is 216 g/mol. The first-order valence-electron chi connectivity index (χ1n) is 5.80. The van der Waals surface area contributed by atoms with Crippen LogP contribution in [0, 0.1) is 0 Å². The van der Waals surface area contributed by atoms with Crippen LogP contribution < -0.4 is 5.32 Å². The number of hydrogen-bond acceptors (Lipinski definition) is 4. The summed E-state index contributed by atoms with van der Waals surface area (Å²) in [7, 11) is 3.81. The predicted molar refractivity (Wildman–Crippen MR) is 61.0 cm³/mol. The van der Waals surface area contributed by atoms with Crippen LogP contribution in [-0.4, -0.2) is 62.6 Å². The van der Waals surface area contributed by atoms with E-state index < -0.39 is 0 Å². The minimum atomic E-state index is 0.245. The maximum atomic E-state index is 9.19. The molecule has 0 aromatic carbocycles. The van der Waals surface area contributed by atoms with Crippen molar-refractivity contribution in [3.63, 3.8) is 0 Å². The van der Waals surface area contributed by atoms with E-state index in [4.69, 9.17) is 4.74 Å². The van der Waals surface area contributed by atoms with Gasteiger partial charge in [-0.15, -0.1) is 0 Å². The Labute approximate surface area is 92.6 Å². The predicted octanol–water partition coefficient (Wildman–Crippen LogP) is 0.0676. The van der Waals surface area contributed by atoms with Gasteiger partial charge in [0.15, 0.2) is 0 Å². The van der Waals surface area contributed by atoms with Crippen LogP contribution in [0.3, 0.4) is 0 Å². The van der Waals surface area contributed by atoms with E-state index in [0.29, 0.717) is 6.04 Å². The molecule has 1 atom stereocenters. The smallest absolute Gasteiger partial charge is 0.0589 e. The molecule has 0 radical (unpaired) electrons. The van der Waals surface area contributed by atoms with Crippen LogP contribution in [0.15, 0.2) is 0 Å². The lowest BCUT2D eigenvalue weighted by atomic mass is 10.2. The average molecular weight is 216 g/mol. The van der Waals surface area contributed by atoms with Crippen molar-refractivity contribution in [2.75, 3.05) is 40.5 Å². The molecule has 90 valence electrons. The molecular formula is C11H24N2O2. The van der Waals surface area contributed by atoms with E-state index in [1.165, 1.54) is 12.8 Å². The van der Waals surface area contributed by atoms with Crippen LogP contribution in [-0.2, 0) is 4.74 Å². The number of aliphatic hydroxyl groups excluding tert-OH is 1. The first-order valence-corrected chi connectivity index (χ1v) is 5.80. The molecule has 0 aromatic heterocycles. The molecule has 1 rings (SSSR count). The maximum absolute atomic E-state index is 9.19. The third-order valence-corrected chi connectivity index (χ3v) is 2.81. The van der Waals surface area contributed by atoms with Crippen molar-refractivity contribution in [3.8, 4) is 0 Å². The molecule has 0 aromatic rings. The van der Waals surface area contributed by atoms with Crippen LogP contribution in [0.1, 0.15) is 19.3 Å². The Balaban J connectivity index is 2.03. The summed E-state index contributed by atoms with van der Waals surface area (Å²) < 4.78 is 5.01. The fourth-order valence-electron chi connectivity index (χ4n) is 1.55. The zero-order valence-electron chi connectivity index (χ0n) is 9.91. The highest BCUT2D eigenvalue weighted by molar-refractivity contribution is 4.84. The number of hydrogen-bond donors (Lipinski definition) is 2. The summed E-state index contributed by atoms with van der Waals surface area (Å²) in [6, 6.07) is 0.939. The van der Waals surface area contributed by atoms with E-state index in [1.807, 2.05) is 0 Å². The number of aliphatic hydroxyl groups is 1. The fraction of sp³-hybridized carbons (Fsp3) is 1.00. The number of likely N-dealkylation sites (N-methyl/N-ethyl adjacent to an activating group) is 1. The molecule has 0 aliphatic heterocycles. The Bertz CT molecular complexity index is 163. The Hall–Kier alpha value is -0.160. The van der Waals surface area contributed by atoms with Crippen molar-refractivity contribution in [2.24, 2.45) is 0 Å². The molecule has 1 fully saturated rings. The minimum absolute atomic E-state index is 0.245. The molecule has 1 aliphatic rings. The molecule has 0 spiro atoms. The number of nitrogens with zero attached hydrogens (tertiary/aromatic N) is 1. The topological polar surface area (TPSA) is 44.7 Å². The lowest BCUT2D eigenvalue weighted by Gasteiger charge is -2.21. The van der Waals surface area contributed by atoms with Gasteiger partial charge in [-0.05, 0) is 32.9 Å². The molecule has 4 heteroatoms. The molecule has 15 heavy (non-hydrogen) atoms. The molecule has 0 amide bonds. The van der Waals surface area contributed by atoms with E-state index in [1.54, 1.807) is 7.11 Å². The van der Waals surface area contributed by atoms with Gasteiger partial charge in [0.1, 0.15) is 0 Å². The lowest BCUT2D eigenvalue weighted by molar-refractivity contribution is 0.154. The highest BCUT2D eigenvalue weighted by Crippen LogP contribution is 2.19. The van der Waals surface area contributed by atoms with Crippen molar-refractivity contribution in [2.45, 2.75) is 31.3 Å². The Morgan fingerprint density at radius 1 is 1.47 bits per heavy atom. The third kappa shape index (κ3) is 6.10. The van der Waals surface area contributed by atoms with Crippen LogP contribution in [0.4, 0.5) is 0 Å². The van der Waals surface area contributed by atoms with Crippen LogP contribution in [0.2, 0.25) is 0 Å². The molecule has 1 aliphatic carbocycles. The summed E-state index contributed by atoms with van der Waals surface area (Å²) in [5.74, 6) is 0. The highest BCUT2D eigenvalue weighted by atomic mass is 16.5. The second kappa shape index (κ2) is 7.17.